The van der Waals surface area contributed by atoms with E-state index in [9.17, 15) is 4.79 Å². The van der Waals surface area contributed by atoms with E-state index in [4.69, 9.17) is 4.74 Å². The van der Waals surface area contributed by atoms with Crippen molar-refractivity contribution in [3.63, 3.8) is 0 Å². The Kier molecular flexibility index (Phi) is 7.91. The molecule has 0 aliphatic heterocycles. The maximum absolute atomic E-state index is 11.3. The zero-order valence-electron chi connectivity index (χ0n) is 11.8. The zero-order chi connectivity index (χ0) is 13.3. The number of hydrogen-bond acceptors (Lipinski definition) is 4. The smallest absolute Gasteiger partial charge is 0.407 e. The van der Waals surface area contributed by atoms with Crippen molar-refractivity contribution >= 4 is 6.09 Å². The Labute approximate surface area is 105 Å². The van der Waals surface area contributed by atoms with Crippen LogP contribution in [-0.2, 0) is 4.74 Å². The Morgan fingerprint density at radius 3 is 2.35 bits per heavy atom. The maximum Gasteiger partial charge on any atom is 0.407 e. The minimum atomic E-state index is -0.427. The Bertz CT molecular complexity index is 212. The van der Waals surface area contributed by atoms with Crippen LogP contribution in [0.25, 0.3) is 0 Å². The summed E-state index contributed by atoms with van der Waals surface area (Å²) in [6, 6.07) is 0. The summed E-state index contributed by atoms with van der Waals surface area (Å²) in [6.45, 7) is 8.97. The summed E-state index contributed by atoms with van der Waals surface area (Å²) < 4.78 is 5.11. The molecule has 0 saturated carbocycles. The van der Waals surface area contributed by atoms with Gasteiger partial charge in [-0.15, -0.1) is 0 Å². The highest BCUT2D eigenvalue weighted by Gasteiger charge is 2.15. The quantitative estimate of drug-likeness (QED) is 0.658. The molecule has 0 aliphatic carbocycles. The fraction of sp³-hybridized carbons (Fsp3) is 0.917. The van der Waals surface area contributed by atoms with Crippen molar-refractivity contribution in [3.8, 4) is 0 Å². The summed E-state index contributed by atoms with van der Waals surface area (Å²) in [5.41, 5.74) is -0.427. The highest BCUT2D eigenvalue weighted by Crippen LogP contribution is 2.05. The van der Waals surface area contributed by atoms with Crippen LogP contribution in [0.1, 0.15) is 27.2 Å². The monoisotopic (exact) mass is 245 g/mol. The molecule has 2 N–H and O–H groups in total. The van der Waals surface area contributed by atoms with Crippen LogP contribution >= 0.6 is 0 Å². The van der Waals surface area contributed by atoms with Crippen LogP contribution in [0.15, 0.2) is 0 Å². The van der Waals surface area contributed by atoms with Gasteiger partial charge in [-0.25, -0.2) is 4.79 Å². The van der Waals surface area contributed by atoms with Crippen molar-refractivity contribution in [2.45, 2.75) is 32.8 Å². The van der Waals surface area contributed by atoms with Gasteiger partial charge in [0, 0.05) is 13.1 Å². The highest BCUT2D eigenvalue weighted by atomic mass is 16.6. The predicted octanol–water partition coefficient (Wildman–Crippen LogP) is 1.05. The summed E-state index contributed by atoms with van der Waals surface area (Å²) >= 11 is 0. The lowest BCUT2D eigenvalue weighted by Crippen LogP contribution is -2.36. The van der Waals surface area contributed by atoms with E-state index in [1.54, 1.807) is 0 Å². The van der Waals surface area contributed by atoms with Crippen LogP contribution < -0.4 is 10.6 Å². The van der Waals surface area contributed by atoms with Gasteiger partial charge in [0.25, 0.3) is 0 Å². The largest absolute Gasteiger partial charge is 0.444 e. The number of nitrogens with one attached hydrogen (secondary N) is 2. The number of rotatable bonds is 7. The average Bonchev–Trinajstić information content (AvgIpc) is 2.12. The molecule has 5 nitrogen and oxygen atoms in total. The van der Waals surface area contributed by atoms with Crippen LogP contribution in [0.2, 0.25) is 0 Å². The zero-order valence-corrected chi connectivity index (χ0v) is 11.8. The second kappa shape index (κ2) is 8.31. The Balaban J connectivity index is 3.31. The summed E-state index contributed by atoms with van der Waals surface area (Å²) in [7, 11) is 4.12. The summed E-state index contributed by atoms with van der Waals surface area (Å²) in [6.07, 6.45) is 0.756. The molecule has 0 radical (unpaired) electrons. The molecule has 0 aromatic rings. The van der Waals surface area contributed by atoms with Crippen LogP contribution in [0.3, 0.4) is 0 Å². The molecule has 0 saturated heterocycles. The normalized spacial score (nSPS) is 11.6. The molecule has 1 amide bonds. The van der Waals surface area contributed by atoms with Gasteiger partial charge in [-0.05, 0) is 54.4 Å². The molecule has 0 atom stereocenters. The van der Waals surface area contributed by atoms with Gasteiger partial charge in [0.2, 0.25) is 0 Å². The van der Waals surface area contributed by atoms with Crippen molar-refractivity contribution in [3.05, 3.63) is 0 Å². The molecule has 0 bridgehead atoms. The van der Waals surface area contributed by atoms with Crippen molar-refractivity contribution in [2.24, 2.45) is 0 Å². The molecule has 0 spiro atoms. The molecule has 0 aromatic heterocycles. The first-order valence-electron chi connectivity index (χ1n) is 6.13. The van der Waals surface area contributed by atoms with Crippen LogP contribution in [0.5, 0.6) is 0 Å². The molecule has 0 heterocycles. The van der Waals surface area contributed by atoms with Gasteiger partial charge in [0.05, 0.1) is 0 Å². The van der Waals surface area contributed by atoms with E-state index in [2.05, 4.69) is 29.6 Å². The summed E-state index contributed by atoms with van der Waals surface area (Å²) in [4.78, 5) is 13.4. The number of amides is 1. The third kappa shape index (κ3) is 13.1. The van der Waals surface area contributed by atoms with E-state index in [1.807, 2.05) is 20.8 Å². The molecule has 0 rings (SSSR count). The van der Waals surface area contributed by atoms with Gasteiger partial charge in [-0.3, -0.25) is 0 Å². The highest BCUT2D eigenvalue weighted by molar-refractivity contribution is 5.67. The molecule has 5 heteroatoms. The van der Waals surface area contributed by atoms with Crippen molar-refractivity contribution in [2.75, 3.05) is 40.3 Å². The van der Waals surface area contributed by atoms with E-state index in [-0.39, 0.29) is 6.09 Å². The van der Waals surface area contributed by atoms with Crippen LogP contribution in [-0.4, -0.2) is 56.9 Å². The fourth-order valence-corrected chi connectivity index (χ4v) is 1.21. The predicted molar refractivity (Wildman–Crippen MR) is 70.3 cm³/mol. The van der Waals surface area contributed by atoms with Crippen molar-refractivity contribution in [1.29, 1.82) is 0 Å². The maximum atomic E-state index is 11.3. The molecule has 0 aliphatic rings. The summed E-state index contributed by atoms with van der Waals surface area (Å²) in [5.74, 6) is 0. The third-order valence-electron chi connectivity index (χ3n) is 1.93. The number of nitrogens with zero attached hydrogens (tertiary/aromatic N) is 1. The van der Waals surface area contributed by atoms with Crippen molar-refractivity contribution in [1.82, 2.24) is 15.5 Å². The molecule has 0 fully saturated rings. The summed E-state index contributed by atoms with van der Waals surface area (Å²) in [5, 5.41) is 5.97. The van der Waals surface area contributed by atoms with Gasteiger partial charge in [0.15, 0.2) is 0 Å². The third-order valence-corrected chi connectivity index (χ3v) is 1.93. The topological polar surface area (TPSA) is 53.6 Å². The minimum Gasteiger partial charge on any atom is -0.444 e. The number of alkyl carbamates (subject to hydrolysis) is 1. The number of hydrogen-bond donors (Lipinski definition) is 2. The van der Waals surface area contributed by atoms with E-state index < -0.39 is 5.60 Å². The minimum absolute atomic E-state index is 0.354. The molecular formula is C12H27N3O2. The average molecular weight is 245 g/mol. The number of carbonyl (C=O) groups is 1. The fourth-order valence-electron chi connectivity index (χ4n) is 1.21. The van der Waals surface area contributed by atoms with Gasteiger partial charge >= 0.3 is 6.09 Å². The van der Waals surface area contributed by atoms with E-state index >= 15 is 0 Å². The SMILES string of the molecule is CN(C)CCCNCCNC(=O)OC(C)(C)C. The number of ether oxygens (including phenoxy) is 1. The van der Waals surface area contributed by atoms with E-state index in [1.165, 1.54) is 0 Å². The Morgan fingerprint density at radius 2 is 1.82 bits per heavy atom. The molecule has 17 heavy (non-hydrogen) atoms. The Morgan fingerprint density at radius 1 is 1.18 bits per heavy atom. The van der Waals surface area contributed by atoms with Gasteiger partial charge in [-0.2, -0.15) is 0 Å². The first kappa shape index (κ1) is 16.2. The molecule has 0 aromatic carbocycles. The lowest BCUT2D eigenvalue weighted by molar-refractivity contribution is 0.0528. The van der Waals surface area contributed by atoms with Gasteiger partial charge in [0.1, 0.15) is 5.60 Å². The lowest BCUT2D eigenvalue weighted by atomic mass is 10.2. The van der Waals surface area contributed by atoms with E-state index in [0.29, 0.717) is 6.54 Å². The second-order valence-electron chi connectivity index (χ2n) is 5.34. The standard InChI is InChI=1S/C12H27N3O2/c1-12(2,3)17-11(16)14-9-8-13-7-6-10-15(4)5/h13H,6-10H2,1-5H3,(H,14,16). The Hall–Kier alpha value is -0.810. The molecule has 102 valence electrons. The molecular weight excluding hydrogens is 218 g/mol. The molecule has 0 unspecified atom stereocenters. The van der Waals surface area contributed by atoms with Gasteiger partial charge < -0.3 is 20.3 Å². The number of carbonyl (C=O) groups excluding carboxylic acids is 1. The van der Waals surface area contributed by atoms with Crippen LogP contribution in [0, 0.1) is 0 Å². The van der Waals surface area contributed by atoms with E-state index in [0.717, 1.165) is 26.1 Å². The van der Waals surface area contributed by atoms with Crippen LogP contribution in [0.4, 0.5) is 4.79 Å². The van der Waals surface area contributed by atoms with Crippen molar-refractivity contribution < 1.29 is 9.53 Å². The first-order valence-corrected chi connectivity index (χ1v) is 6.13. The lowest BCUT2D eigenvalue weighted by Gasteiger charge is -2.19. The van der Waals surface area contributed by atoms with Gasteiger partial charge in [-0.1, -0.05) is 0 Å². The first-order chi connectivity index (χ1) is 7.81. The second-order valence-corrected chi connectivity index (χ2v) is 5.34.